The second kappa shape index (κ2) is 5.87. The van der Waals surface area contributed by atoms with Gasteiger partial charge in [0.05, 0.1) is 0 Å². The first-order valence-electron chi connectivity index (χ1n) is 3.55. The van der Waals surface area contributed by atoms with Crippen molar-refractivity contribution < 1.29 is 18.9 Å². The van der Waals surface area contributed by atoms with Crippen LogP contribution in [0.15, 0.2) is 0 Å². The van der Waals surface area contributed by atoms with Gasteiger partial charge in [0.1, 0.15) is 0 Å². The summed E-state index contributed by atoms with van der Waals surface area (Å²) in [5.74, 6) is 2.41. The van der Waals surface area contributed by atoms with Gasteiger partial charge in [-0.1, -0.05) is 6.42 Å². The van der Waals surface area contributed by atoms with Crippen molar-refractivity contribution in [2.75, 3.05) is 19.6 Å². The first-order chi connectivity index (χ1) is 4.43. The summed E-state index contributed by atoms with van der Waals surface area (Å²) in [4.78, 5) is 2.27. The third kappa shape index (κ3) is 3.33. The van der Waals surface area contributed by atoms with Gasteiger partial charge in [-0.3, -0.25) is 4.90 Å². The molecule has 1 saturated heterocycles. The molecule has 0 atom stereocenters. The maximum Gasteiger partial charge on any atom is 1.00 e. The molecule has 2 heteroatoms. The van der Waals surface area contributed by atoms with Crippen molar-refractivity contribution in [2.45, 2.75) is 19.3 Å². The Bertz CT molecular complexity index is 111. The van der Waals surface area contributed by atoms with E-state index in [0.29, 0.717) is 0 Å². The van der Waals surface area contributed by atoms with Crippen LogP contribution in [0.1, 0.15) is 19.3 Å². The first-order valence-corrected chi connectivity index (χ1v) is 3.55. The molecule has 0 unspecified atom stereocenters. The molecule has 0 bridgehead atoms. The quantitative estimate of drug-likeness (QED) is 0.226. The zero-order valence-corrected chi connectivity index (χ0v) is 6.69. The number of hydrogen-bond donors (Lipinski definition) is 0. The molecule has 0 amide bonds. The normalized spacial score (nSPS) is 19.1. The van der Waals surface area contributed by atoms with Crippen LogP contribution in [-0.2, 0) is 0 Å². The van der Waals surface area contributed by atoms with Gasteiger partial charge >= 0.3 is 18.9 Å². The van der Waals surface area contributed by atoms with E-state index in [1.165, 1.54) is 32.4 Å². The first kappa shape index (κ1) is 10.1. The summed E-state index contributed by atoms with van der Waals surface area (Å²) in [6.45, 7) is 3.08. The molecule has 0 aliphatic carbocycles. The van der Waals surface area contributed by atoms with Gasteiger partial charge in [-0.15, -0.1) is 0 Å². The van der Waals surface area contributed by atoms with E-state index < -0.39 is 0 Å². The van der Waals surface area contributed by atoms with Crippen LogP contribution in [0.25, 0.3) is 0 Å². The largest absolute Gasteiger partial charge is 1.00 e. The molecule has 0 aromatic rings. The monoisotopic (exact) mass is 129 g/mol. The summed E-state index contributed by atoms with van der Waals surface area (Å²) in [6.07, 6.45) is 10.7. The number of piperidine rings is 1. The van der Waals surface area contributed by atoms with Gasteiger partial charge in [-0.25, -0.2) is 0 Å². The summed E-state index contributed by atoms with van der Waals surface area (Å²) >= 11 is 0. The van der Waals surface area contributed by atoms with Gasteiger partial charge < -0.3 is 12.3 Å². The molecule has 0 aromatic carbocycles. The fourth-order valence-electron chi connectivity index (χ4n) is 1.23. The Kier molecular flexibility index (Phi) is 5.94. The molecule has 1 nitrogen and oxygen atoms in total. The SMILES string of the molecule is [C-]#CCN1CCCCC1.[Li+]. The fraction of sp³-hybridized carbons (Fsp3) is 0.750. The van der Waals surface area contributed by atoms with Crippen molar-refractivity contribution in [3.63, 3.8) is 0 Å². The van der Waals surface area contributed by atoms with E-state index in [4.69, 9.17) is 6.42 Å². The van der Waals surface area contributed by atoms with E-state index in [9.17, 15) is 0 Å². The van der Waals surface area contributed by atoms with Crippen LogP contribution < -0.4 is 18.9 Å². The van der Waals surface area contributed by atoms with E-state index in [1.807, 2.05) is 0 Å². The van der Waals surface area contributed by atoms with Crippen molar-refractivity contribution >= 4 is 0 Å². The minimum atomic E-state index is 0. The third-order valence-corrected chi connectivity index (χ3v) is 1.75. The van der Waals surface area contributed by atoms with Gasteiger partial charge in [0.2, 0.25) is 0 Å². The average molecular weight is 129 g/mol. The standard InChI is InChI=1S/C8H12N.Li/c1-2-6-9-7-4-3-5-8-9;/h3-8H2;/q-1;+1. The van der Waals surface area contributed by atoms with Crippen LogP contribution >= 0.6 is 0 Å². The summed E-state index contributed by atoms with van der Waals surface area (Å²) in [5.41, 5.74) is 0. The molecule has 0 N–H and O–H groups in total. The van der Waals surface area contributed by atoms with Crippen LogP contribution in [0.5, 0.6) is 0 Å². The van der Waals surface area contributed by atoms with Crippen LogP contribution in [0.2, 0.25) is 0 Å². The van der Waals surface area contributed by atoms with E-state index in [0.717, 1.165) is 6.54 Å². The summed E-state index contributed by atoms with van der Waals surface area (Å²) in [7, 11) is 0. The predicted molar refractivity (Wildman–Crippen MR) is 37.4 cm³/mol. The second-order valence-corrected chi connectivity index (χ2v) is 2.51. The Hall–Kier alpha value is 0.117. The van der Waals surface area contributed by atoms with E-state index in [1.54, 1.807) is 0 Å². The Morgan fingerprint density at radius 1 is 1.20 bits per heavy atom. The predicted octanol–water partition coefficient (Wildman–Crippen LogP) is -1.93. The Morgan fingerprint density at radius 3 is 2.30 bits per heavy atom. The fourth-order valence-corrected chi connectivity index (χ4v) is 1.23. The molecule has 1 fully saturated rings. The van der Waals surface area contributed by atoms with Crippen LogP contribution in [0.3, 0.4) is 0 Å². The van der Waals surface area contributed by atoms with Gasteiger partial charge in [-0.05, 0) is 25.9 Å². The Labute approximate surface area is 75.3 Å². The van der Waals surface area contributed by atoms with Crippen molar-refractivity contribution in [1.29, 1.82) is 0 Å². The molecule has 1 aliphatic heterocycles. The zero-order valence-electron chi connectivity index (χ0n) is 6.69. The molecule has 1 rings (SSSR count). The van der Waals surface area contributed by atoms with Gasteiger partial charge in [0, 0.05) is 6.54 Å². The molecule has 10 heavy (non-hydrogen) atoms. The average Bonchev–Trinajstić information content (AvgIpc) is 1.91. The van der Waals surface area contributed by atoms with E-state index >= 15 is 0 Å². The minimum Gasteiger partial charge on any atom is -0.692 e. The minimum absolute atomic E-state index is 0. The van der Waals surface area contributed by atoms with Crippen LogP contribution in [-0.4, -0.2) is 24.5 Å². The molecule has 1 heterocycles. The number of rotatable bonds is 1. The summed E-state index contributed by atoms with van der Waals surface area (Å²) in [5, 5.41) is 0. The Morgan fingerprint density at radius 2 is 1.80 bits per heavy atom. The Balaban J connectivity index is 0.000000810. The second-order valence-electron chi connectivity index (χ2n) is 2.51. The molecular formula is C8H12LiN. The van der Waals surface area contributed by atoms with E-state index in [2.05, 4.69) is 10.8 Å². The van der Waals surface area contributed by atoms with Crippen LogP contribution in [0.4, 0.5) is 0 Å². The number of hydrogen-bond acceptors (Lipinski definition) is 1. The molecule has 0 spiro atoms. The van der Waals surface area contributed by atoms with Gasteiger partial charge in [-0.2, -0.15) is 0 Å². The number of nitrogens with zero attached hydrogens (tertiary/aromatic N) is 1. The van der Waals surface area contributed by atoms with Crippen molar-refractivity contribution in [3.8, 4) is 5.92 Å². The maximum atomic E-state index is 6.75. The van der Waals surface area contributed by atoms with Crippen molar-refractivity contribution in [1.82, 2.24) is 4.90 Å². The molecule has 0 aromatic heterocycles. The van der Waals surface area contributed by atoms with Gasteiger partial charge in [0.25, 0.3) is 0 Å². The molecular weight excluding hydrogens is 117 g/mol. The van der Waals surface area contributed by atoms with Crippen molar-refractivity contribution in [2.24, 2.45) is 0 Å². The zero-order chi connectivity index (χ0) is 6.53. The molecule has 0 saturated carbocycles. The third-order valence-electron chi connectivity index (χ3n) is 1.75. The summed E-state index contributed by atoms with van der Waals surface area (Å²) < 4.78 is 0. The van der Waals surface area contributed by atoms with E-state index in [-0.39, 0.29) is 18.9 Å². The molecule has 50 valence electrons. The maximum absolute atomic E-state index is 6.75. The van der Waals surface area contributed by atoms with Crippen molar-refractivity contribution in [3.05, 3.63) is 6.42 Å². The topological polar surface area (TPSA) is 3.24 Å². The van der Waals surface area contributed by atoms with Crippen LogP contribution in [0, 0.1) is 12.3 Å². The smallest absolute Gasteiger partial charge is 0.692 e. The number of likely N-dealkylation sites (tertiary alicyclic amines) is 1. The summed E-state index contributed by atoms with van der Waals surface area (Å²) in [6, 6.07) is 0. The molecule has 1 aliphatic rings. The van der Waals surface area contributed by atoms with Gasteiger partial charge in [0.15, 0.2) is 0 Å². The molecule has 0 radical (unpaired) electrons.